The van der Waals surface area contributed by atoms with Crippen LogP contribution in [0.25, 0.3) is 10.9 Å². The number of aryl methyl sites for hydroxylation is 1. The van der Waals surface area contributed by atoms with Crippen LogP contribution in [0.2, 0.25) is 0 Å². The molecule has 6 nitrogen and oxygen atoms in total. The molecule has 0 spiro atoms. The van der Waals surface area contributed by atoms with Crippen molar-refractivity contribution in [2.75, 3.05) is 13.1 Å². The summed E-state index contributed by atoms with van der Waals surface area (Å²) in [5.41, 5.74) is 2.75. The van der Waals surface area contributed by atoms with Gasteiger partial charge in [0.1, 0.15) is 18.1 Å². The number of likely N-dealkylation sites (tertiary alicyclic amines) is 1. The minimum Gasteiger partial charge on any atom is -0.368 e. The maximum absolute atomic E-state index is 12.9. The van der Waals surface area contributed by atoms with E-state index < -0.39 is 0 Å². The van der Waals surface area contributed by atoms with Crippen molar-refractivity contribution in [2.24, 2.45) is 7.05 Å². The first-order valence-electron chi connectivity index (χ1n) is 9.07. The van der Waals surface area contributed by atoms with Gasteiger partial charge in [-0.1, -0.05) is 18.2 Å². The molecule has 1 fully saturated rings. The monoisotopic (exact) mass is 352 g/mol. The summed E-state index contributed by atoms with van der Waals surface area (Å²) < 4.78 is 8.09. The highest BCUT2D eigenvalue weighted by Gasteiger charge is 2.26. The van der Waals surface area contributed by atoms with Gasteiger partial charge in [0.2, 0.25) is 0 Å². The van der Waals surface area contributed by atoms with Gasteiger partial charge in [0.25, 0.3) is 5.91 Å². The van der Waals surface area contributed by atoms with Crippen LogP contribution < -0.4 is 0 Å². The Morgan fingerprint density at radius 3 is 3.00 bits per heavy atom. The summed E-state index contributed by atoms with van der Waals surface area (Å²) in [7, 11) is 1.99. The van der Waals surface area contributed by atoms with Crippen molar-refractivity contribution >= 4 is 16.8 Å². The summed E-state index contributed by atoms with van der Waals surface area (Å²) in [5.74, 6) is 0.962. The van der Waals surface area contributed by atoms with E-state index >= 15 is 0 Å². The van der Waals surface area contributed by atoms with Gasteiger partial charge in [0, 0.05) is 42.9 Å². The van der Waals surface area contributed by atoms with Gasteiger partial charge in [0.15, 0.2) is 0 Å². The average molecular weight is 352 g/mol. The first kappa shape index (κ1) is 16.8. The first-order chi connectivity index (χ1) is 12.6. The maximum atomic E-state index is 12.9. The Hall–Kier alpha value is -2.60. The second-order valence-corrected chi connectivity index (χ2v) is 6.97. The highest BCUT2D eigenvalue weighted by Crippen LogP contribution is 2.20. The van der Waals surface area contributed by atoms with E-state index in [1.165, 1.54) is 0 Å². The smallest absolute Gasteiger partial charge is 0.270 e. The molecule has 1 amide bonds. The minimum atomic E-state index is 0.0438. The van der Waals surface area contributed by atoms with Crippen molar-refractivity contribution in [3.05, 3.63) is 53.7 Å². The van der Waals surface area contributed by atoms with E-state index in [1.807, 2.05) is 60.0 Å². The maximum Gasteiger partial charge on any atom is 0.270 e. The molecule has 1 aliphatic heterocycles. The number of aromatic nitrogens is 3. The molecular formula is C20H24N4O2. The molecule has 1 saturated heterocycles. The molecule has 2 aromatic heterocycles. The summed E-state index contributed by atoms with van der Waals surface area (Å²) >= 11 is 0. The molecular weight excluding hydrogens is 328 g/mol. The molecule has 0 saturated carbocycles. The standard InChI is InChI=1S/C20H24N4O2/c1-14-11-21-19(23(14)2)13-26-16-7-5-9-24(12-16)20(25)18-10-15-6-3-4-8-17(15)22-18/h3-4,6,8,10-11,16,22H,5,7,9,12-13H2,1-2H3. The van der Waals surface area contributed by atoms with Crippen LogP contribution in [-0.2, 0) is 18.4 Å². The minimum absolute atomic E-state index is 0.0438. The Bertz CT molecular complexity index is 894. The lowest BCUT2D eigenvalue weighted by Crippen LogP contribution is -2.43. The Kier molecular flexibility index (Phi) is 4.51. The number of nitrogens with one attached hydrogen (secondary N) is 1. The van der Waals surface area contributed by atoms with Gasteiger partial charge in [0.05, 0.1) is 6.10 Å². The molecule has 4 rings (SSSR count). The van der Waals surface area contributed by atoms with Crippen molar-refractivity contribution < 1.29 is 9.53 Å². The first-order valence-corrected chi connectivity index (χ1v) is 9.07. The SMILES string of the molecule is Cc1cnc(COC2CCCN(C(=O)c3cc4ccccc4[nH]3)C2)n1C. The van der Waals surface area contributed by atoms with E-state index in [1.54, 1.807) is 0 Å². The lowest BCUT2D eigenvalue weighted by Gasteiger charge is -2.32. The van der Waals surface area contributed by atoms with Gasteiger partial charge in [-0.15, -0.1) is 0 Å². The summed E-state index contributed by atoms with van der Waals surface area (Å²) in [6, 6.07) is 9.88. The Labute approximate surface area is 152 Å². The number of hydrogen-bond acceptors (Lipinski definition) is 3. The van der Waals surface area contributed by atoms with Gasteiger partial charge in [-0.25, -0.2) is 4.98 Å². The number of rotatable bonds is 4. The fraction of sp³-hybridized carbons (Fsp3) is 0.400. The van der Waals surface area contributed by atoms with Crippen LogP contribution in [0.5, 0.6) is 0 Å². The Balaban J connectivity index is 1.41. The highest BCUT2D eigenvalue weighted by atomic mass is 16.5. The second kappa shape index (κ2) is 6.96. The van der Waals surface area contributed by atoms with Crippen LogP contribution in [0.3, 0.4) is 0 Å². The fourth-order valence-electron chi connectivity index (χ4n) is 3.49. The lowest BCUT2D eigenvalue weighted by molar-refractivity contribution is -0.00992. The number of carbonyl (C=O) groups is 1. The van der Waals surface area contributed by atoms with E-state index in [0.29, 0.717) is 18.8 Å². The summed E-state index contributed by atoms with van der Waals surface area (Å²) in [6.07, 6.45) is 3.83. The number of imidazole rings is 1. The topological polar surface area (TPSA) is 63.1 Å². The number of nitrogens with zero attached hydrogens (tertiary/aromatic N) is 3. The van der Waals surface area contributed by atoms with Crippen molar-refractivity contribution in [3.63, 3.8) is 0 Å². The zero-order valence-electron chi connectivity index (χ0n) is 15.2. The number of carbonyl (C=O) groups excluding carboxylic acids is 1. The largest absolute Gasteiger partial charge is 0.368 e. The number of amides is 1. The Morgan fingerprint density at radius 1 is 1.38 bits per heavy atom. The molecule has 3 heterocycles. The molecule has 26 heavy (non-hydrogen) atoms. The lowest BCUT2D eigenvalue weighted by atomic mass is 10.1. The van der Waals surface area contributed by atoms with Crippen LogP contribution in [0.1, 0.15) is 34.8 Å². The van der Waals surface area contributed by atoms with E-state index in [9.17, 15) is 4.79 Å². The van der Waals surface area contributed by atoms with E-state index in [4.69, 9.17) is 4.74 Å². The normalized spacial score (nSPS) is 17.8. The quantitative estimate of drug-likeness (QED) is 0.785. The molecule has 1 unspecified atom stereocenters. The van der Waals surface area contributed by atoms with Crippen LogP contribution in [0.4, 0.5) is 0 Å². The summed E-state index contributed by atoms with van der Waals surface area (Å²) in [6.45, 7) is 3.90. The number of hydrogen-bond donors (Lipinski definition) is 1. The number of piperidine rings is 1. The van der Waals surface area contributed by atoms with E-state index in [-0.39, 0.29) is 12.0 Å². The Morgan fingerprint density at radius 2 is 2.23 bits per heavy atom. The predicted molar refractivity (Wildman–Crippen MR) is 100.0 cm³/mol. The molecule has 6 heteroatoms. The number of H-pyrrole nitrogens is 1. The van der Waals surface area contributed by atoms with Crippen LogP contribution in [0, 0.1) is 6.92 Å². The van der Waals surface area contributed by atoms with Gasteiger partial charge < -0.3 is 19.2 Å². The fourth-order valence-corrected chi connectivity index (χ4v) is 3.49. The number of benzene rings is 1. The molecule has 1 atom stereocenters. The van der Waals surface area contributed by atoms with Crippen molar-refractivity contribution in [1.82, 2.24) is 19.4 Å². The van der Waals surface area contributed by atoms with E-state index in [2.05, 4.69) is 9.97 Å². The molecule has 0 aliphatic carbocycles. The third kappa shape index (κ3) is 3.24. The highest BCUT2D eigenvalue weighted by molar-refractivity contribution is 5.98. The zero-order valence-corrected chi connectivity index (χ0v) is 15.2. The third-order valence-corrected chi connectivity index (χ3v) is 5.19. The molecule has 136 valence electrons. The van der Waals surface area contributed by atoms with Crippen LogP contribution in [0.15, 0.2) is 36.5 Å². The van der Waals surface area contributed by atoms with E-state index in [0.717, 1.165) is 41.8 Å². The van der Waals surface area contributed by atoms with Gasteiger partial charge in [-0.3, -0.25) is 4.79 Å². The van der Waals surface area contributed by atoms with Gasteiger partial charge >= 0.3 is 0 Å². The molecule has 0 radical (unpaired) electrons. The number of aromatic amines is 1. The number of ether oxygens (including phenoxy) is 1. The van der Waals surface area contributed by atoms with Gasteiger partial charge in [-0.2, -0.15) is 0 Å². The third-order valence-electron chi connectivity index (χ3n) is 5.19. The molecule has 1 N–H and O–H groups in total. The summed E-state index contributed by atoms with van der Waals surface area (Å²) in [4.78, 5) is 22.4. The van der Waals surface area contributed by atoms with Crippen LogP contribution >= 0.6 is 0 Å². The predicted octanol–water partition coefficient (Wildman–Crippen LogP) is 3.03. The zero-order chi connectivity index (χ0) is 18.1. The van der Waals surface area contributed by atoms with Crippen molar-refractivity contribution in [3.8, 4) is 0 Å². The van der Waals surface area contributed by atoms with Gasteiger partial charge in [-0.05, 0) is 31.9 Å². The molecule has 1 aliphatic rings. The number of fused-ring (bicyclic) bond motifs is 1. The average Bonchev–Trinajstić information content (AvgIpc) is 3.24. The van der Waals surface area contributed by atoms with Crippen molar-refractivity contribution in [1.29, 1.82) is 0 Å². The molecule has 3 aromatic rings. The number of para-hydroxylation sites is 1. The summed E-state index contributed by atoms with van der Waals surface area (Å²) in [5, 5.41) is 1.06. The van der Waals surface area contributed by atoms with Crippen LogP contribution in [-0.4, -0.2) is 44.5 Å². The van der Waals surface area contributed by atoms with Crippen molar-refractivity contribution in [2.45, 2.75) is 32.5 Å². The molecule has 1 aromatic carbocycles. The second-order valence-electron chi connectivity index (χ2n) is 6.97. The molecule has 0 bridgehead atoms.